The van der Waals surface area contributed by atoms with E-state index in [2.05, 4.69) is 4.99 Å². The van der Waals surface area contributed by atoms with Crippen molar-refractivity contribution in [3.05, 3.63) is 47.0 Å². The molecule has 0 saturated carbocycles. The smallest absolute Gasteiger partial charge is 0.211 e. The van der Waals surface area contributed by atoms with Gasteiger partial charge in [-0.15, -0.1) is 0 Å². The lowest BCUT2D eigenvalue weighted by molar-refractivity contribution is 0.106. The van der Waals surface area contributed by atoms with Crippen LogP contribution in [0.25, 0.3) is 0 Å². The first kappa shape index (κ1) is 21.7. The average Bonchev–Trinajstić information content (AvgIpc) is 2.76. The summed E-state index contributed by atoms with van der Waals surface area (Å²) in [5.74, 6) is 2.45. The molecule has 3 rings (SSSR count). The summed E-state index contributed by atoms with van der Waals surface area (Å²) >= 11 is 0. The van der Waals surface area contributed by atoms with Crippen LogP contribution in [0.5, 0.6) is 23.0 Å². The molecule has 30 heavy (non-hydrogen) atoms. The first-order chi connectivity index (χ1) is 14.6. The topological polar surface area (TPSA) is 66.4 Å². The van der Waals surface area contributed by atoms with Gasteiger partial charge in [0.1, 0.15) is 5.71 Å². The molecule has 1 heterocycles. The van der Waals surface area contributed by atoms with Crippen LogP contribution in [-0.4, -0.2) is 44.5 Å². The number of hydrogen-bond acceptors (Lipinski definition) is 6. The number of carbonyl (C=O) groups is 1. The van der Waals surface area contributed by atoms with Crippen molar-refractivity contribution in [3.63, 3.8) is 0 Å². The fraction of sp³-hybridized carbons (Fsp3) is 0.417. The Labute approximate surface area is 177 Å². The predicted octanol–water partition coefficient (Wildman–Crippen LogP) is 4.51. The van der Waals surface area contributed by atoms with Crippen LogP contribution in [-0.2, 0) is 6.42 Å². The number of nitrogens with zero attached hydrogens (tertiary/aromatic N) is 1. The van der Waals surface area contributed by atoms with E-state index >= 15 is 0 Å². The minimum atomic E-state index is -0.147. The molecule has 0 radical (unpaired) electrons. The van der Waals surface area contributed by atoms with Crippen molar-refractivity contribution in [1.29, 1.82) is 0 Å². The van der Waals surface area contributed by atoms with E-state index in [0.29, 0.717) is 73.7 Å². The van der Waals surface area contributed by atoms with Gasteiger partial charge in [-0.2, -0.15) is 0 Å². The molecule has 0 unspecified atom stereocenters. The van der Waals surface area contributed by atoms with Crippen LogP contribution in [0.1, 0.15) is 49.2 Å². The van der Waals surface area contributed by atoms with E-state index in [1.165, 1.54) is 0 Å². The molecule has 0 spiro atoms. The average molecular weight is 411 g/mol. The van der Waals surface area contributed by atoms with Crippen molar-refractivity contribution in [1.82, 2.24) is 0 Å². The number of Topliss-reactive ketones (excluding diaryl/α,β-unsaturated/α-hetero) is 1. The minimum absolute atomic E-state index is 0.147. The van der Waals surface area contributed by atoms with Crippen molar-refractivity contribution < 1.29 is 23.7 Å². The van der Waals surface area contributed by atoms with Crippen molar-refractivity contribution in [2.75, 3.05) is 33.0 Å². The van der Waals surface area contributed by atoms with Gasteiger partial charge in [0.2, 0.25) is 5.78 Å². The van der Waals surface area contributed by atoms with E-state index in [9.17, 15) is 4.79 Å². The van der Waals surface area contributed by atoms with E-state index in [-0.39, 0.29) is 5.78 Å². The van der Waals surface area contributed by atoms with Crippen molar-refractivity contribution >= 4 is 11.5 Å². The van der Waals surface area contributed by atoms with Gasteiger partial charge in [-0.3, -0.25) is 9.79 Å². The molecular formula is C24H29NO5. The first-order valence-corrected chi connectivity index (χ1v) is 10.5. The standard InChI is InChI=1S/C24H29NO5/c1-5-27-19-11-9-16(15-21(19)29-7-3)23(26)22-17-10-12-20(28-6-2)24(30-8-4)18(17)13-14-25-22/h9-12,15H,5-8,13-14H2,1-4H3. The second-order valence-corrected chi connectivity index (χ2v) is 6.62. The third-order valence-corrected chi connectivity index (χ3v) is 4.72. The van der Waals surface area contributed by atoms with E-state index < -0.39 is 0 Å². The van der Waals surface area contributed by atoms with Gasteiger partial charge in [0, 0.05) is 23.2 Å². The van der Waals surface area contributed by atoms with E-state index in [1.807, 2.05) is 39.8 Å². The lowest BCUT2D eigenvalue weighted by Crippen LogP contribution is -2.23. The maximum atomic E-state index is 13.4. The summed E-state index contributed by atoms with van der Waals surface area (Å²) in [6.45, 7) is 10.3. The molecule has 0 N–H and O–H groups in total. The number of ether oxygens (including phenoxy) is 4. The molecule has 0 amide bonds. The van der Waals surface area contributed by atoms with Crippen LogP contribution in [0, 0.1) is 0 Å². The second kappa shape index (κ2) is 10.1. The molecule has 0 aromatic heterocycles. The Hall–Kier alpha value is -3.02. The SMILES string of the molecule is CCOc1ccc(C(=O)C2=NCCc3c2ccc(OCC)c3OCC)cc1OCC. The molecule has 2 aromatic carbocycles. The summed E-state index contributed by atoms with van der Waals surface area (Å²) in [6, 6.07) is 9.01. The molecule has 1 aliphatic heterocycles. The van der Waals surface area contributed by atoms with Crippen LogP contribution in [0.4, 0.5) is 0 Å². The maximum Gasteiger partial charge on any atom is 0.211 e. The molecule has 0 bridgehead atoms. The molecule has 2 aromatic rings. The highest BCUT2D eigenvalue weighted by atomic mass is 16.5. The summed E-state index contributed by atoms with van der Waals surface area (Å²) in [6.07, 6.45) is 0.704. The first-order valence-electron chi connectivity index (χ1n) is 10.5. The number of rotatable bonds is 10. The highest BCUT2D eigenvalue weighted by molar-refractivity contribution is 6.52. The van der Waals surface area contributed by atoms with Gasteiger partial charge in [-0.05, 0) is 64.4 Å². The van der Waals surface area contributed by atoms with Crippen LogP contribution < -0.4 is 18.9 Å². The number of ketones is 1. The Kier molecular flexibility index (Phi) is 7.33. The number of fused-ring (bicyclic) bond motifs is 1. The zero-order valence-electron chi connectivity index (χ0n) is 18.1. The van der Waals surface area contributed by atoms with Crippen molar-refractivity contribution in [3.8, 4) is 23.0 Å². The highest BCUT2D eigenvalue weighted by Gasteiger charge is 2.27. The summed E-state index contributed by atoms with van der Waals surface area (Å²) in [5, 5.41) is 0. The number of hydrogen-bond donors (Lipinski definition) is 0. The van der Waals surface area contributed by atoms with Crippen LogP contribution in [0.3, 0.4) is 0 Å². The zero-order chi connectivity index (χ0) is 21.5. The van der Waals surface area contributed by atoms with Crippen LogP contribution in [0.15, 0.2) is 35.3 Å². The monoisotopic (exact) mass is 411 g/mol. The van der Waals surface area contributed by atoms with Gasteiger partial charge in [0.25, 0.3) is 0 Å². The minimum Gasteiger partial charge on any atom is -0.490 e. The van der Waals surface area contributed by atoms with Crippen molar-refractivity contribution in [2.24, 2.45) is 4.99 Å². The third kappa shape index (κ3) is 4.42. The summed E-state index contributed by atoms with van der Waals surface area (Å²) in [5.41, 5.74) is 2.72. The maximum absolute atomic E-state index is 13.4. The highest BCUT2D eigenvalue weighted by Crippen LogP contribution is 2.37. The van der Waals surface area contributed by atoms with E-state index in [0.717, 1.165) is 11.1 Å². The number of benzene rings is 2. The molecule has 0 aliphatic carbocycles. The molecule has 0 saturated heterocycles. The fourth-order valence-electron chi connectivity index (χ4n) is 3.54. The quantitative estimate of drug-likeness (QED) is 0.538. The van der Waals surface area contributed by atoms with E-state index in [4.69, 9.17) is 18.9 Å². The molecule has 1 aliphatic rings. The lowest BCUT2D eigenvalue weighted by Gasteiger charge is -2.22. The van der Waals surface area contributed by atoms with Gasteiger partial charge in [0.15, 0.2) is 23.0 Å². The summed E-state index contributed by atoms with van der Waals surface area (Å²) in [4.78, 5) is 17.9. The zero-order valence-corrected chi connectivity index (χ0v) is 18.1. The Morgan fingerprint density at radius 1 is 0.833 bits per heavy atom. The Bertz CT molecular complexity index is 935. The largest absolute Gasteiger partial charge is 0.490 e. The Morgan fingerprint density at radius 2 is 1.47 bits per heavy atom. The molecule has 6 heteroatoms. The molecule has 0 atom stereocenters. The molecule has 0 fully saturated rings. The van der Waals surface area contributed by atoms with Gasteiger partial charge >= 0.3 is 0 Å². The molecule has 6 nitrogen and oxygen atoms in total. The Balaban J connectivity index is 2.00. The van der Waals surface area contributed by atoms with E-state index in [1.54, 1.807) is 18.2 Å². The lowest BCUT2D eigenvalue weighted by atomic mass is 9.91. The summed E-state index contributed by atoms with van der Waals surface area (Å²) in [7, 11) is 0. The Morgan fingerprint density at radius 3 is 2.17 bits per heavy atom. The number of aliphatic imine (C=N–C) groups is 1. The number of carbonyl (C=O) groups excluding carboxylic acids is 1. The fourth-order valence-corrected chi connectivity index (χ4v) is 3.54. The predicted molar refractivity (Wildman–Crippen MR) is 117 cm³/mol. The van der Waals surface area contributed by atoms with Crippen LogP contribution in [0.2, 0.25) is 0 Å². The summed E-state index contributed by atoms with van der Waals surface area (Å²) < 4.78 is 22.9. The molecule has 160 valence electrons. The van der Waals surface area contributed by atoms with Gasteiger partial charge in [-0.25, -0.2) is 0 Å². The van der Waals surface area contributed by atoms with Gasteiger partial charge in [0.05, 0.1) is 26.4 Å². The second-order valence-electron chi connectivity index (χ2n) is 6.62. The molecular weight excluding hydrogens is 382 g/mol. The van der Waals surface area contributed by atoms with Crippen LogP contribution >= 0.6 is 0 Å². The third-order valence-electron chi connectivity index (χ3n) is 4.72. The van der Waals surface area contributed by atoms with Gasteiger partial charge < -0.3 is 18.9 Å². The van der Waals surface area contributed by atoms with Gasteiger partial charge in [-0.1, -0.05) is 0 Å². The normalized spacial score (nSPS) is 12.6. The van der Waals surface area contributed by atoms with Crippen molar-refractivity contribution in [2.45, 2.75) is 34.1 Å².